The number of ether oxygens (including phenoxy) is 1. The van der Waals surface area contributed by atoms with Crippen molar-refractivity contribution in [2.24, 2.45) is 18.7 Å². The zero-order chi connectivity index (χ0) is 14.5. The van der Waals surface area contributed by atoms with Crippen molar-refractivity contribution in [2.45, 2.75) is 38.3 Å². The zero-order valence-electron chi connectivity index (χ0n) is 13.0. The highest BCUT2D eigenvalue weighted by Gasteiger charge is 2.26. The molecule has 1 aromatic rings. The van der Waals surface area contributed by atoms with Crippen LogP contribution in [0.25, 0.3) is 0 Å². The molecule has 0 spiro atoms. The number of nitrogens with two attached hydrogens (primary N) is 1. The van der Waals surface area contributed by atoms with Crippen molar-refractivity contribution in [3.05, 3.63) is 18.0 Å². The molecule has 0 amide bonds. The summed E-state index contributed by atoms with van der Waals surface area (Å²) in [6.07, 6.45) is 7.32. The van der Waals surface area contributed by atoms with Gasteiger partial charge in [0.05, 0.1) is 12.2 Å². The topological polar surface area (TPSA) is 56.3 Å². The molecule has 2 heterocycles. The van der Waals surface area contributed by atoms with Crippen LogP contribution < -0.4 is 5.73 Å². The highest BCUT2D eigenvalue weighted by molar-refractivity contribution is 5.13. The largest absolute Gasteiger partial charge is 0.381 e. The number of aromatic nitrogens is 2. The van der Waals surface area contributed by atoms with Gasteiger partial charge in [0.15, 0.2) is 0 Å². The fourth-order valence-electron chi connectivity index (χ4n) is 3.09. The standard InChI is InChI=1S/C15H28N4O/c1-4-14(16)15(13-9-17-19(3)11-13)18(2)10-12-5-7-20-8-6-12/h9,11-12,14-15H,4-8,10,16H2,1-3H3. The summed E-state index contributed by atoms with van der Waals surface area (Å²) in [5.74, 6) is 0.719. The molecule has 114 valence electrons. The van der Waals surface area contributed by atoms with E-state index in [1.807, 2.05) is 17.9 Å². The highest BCUT2D eigenvalue weighted by atomic mass is 16.5. The lowest BCUT2D eigenvalue weighted by atomic mass is 9.95. The van der Waals surface area contributed by atoms with Gasteiger partial charge in [0, 0.05) is 44.6 Å². The van der Waals surface area contributed by atoms with Crippen molar-refractivity contribution in [2.75, 3.05) is 26.8 Å². The molecule has 0 bridgehead atoms. The Kier molecular flexibility index (Phi) is 5.57. The van der Waals surface area contributed by atoms with Gasteiger partial charge in [-0.05, 0) is 32.2 Å². The Morgan fingerprint density at radius 2 is 2.20 bits per heavy atom. The Morgan fingerprint density at radius 3 is 2.75 bits per heavy atom. The van der Waals surface area contributed by atoms with E-state index in [4.69, 9.17) is 10.5 Å². The van der Waals surface area contributed by atoms with Crippen molar-refractivity contribution in [3.8, 4) is 0 Å². The maximum atomic E-state index is 6.36. The van der Waals surface area contributed by atoms with Crippen molar-refractivity contribution in [1.82, 2.24) is 14.7 Å². The Labute approximate surface area is 122 Å². The Balaban J connectivity index is 2.05. The lowest BCUT2D eigenvalue weighted by molar-refractivity contribution is 0.0481. The lowest BCUT2D eigenvalue weighted by Crippen LogP contribution is -2.41. The predicted octanol–water partition coefficient (Wildman–Crippen LogP) is 1.56. The predicted molar refractivity (Wildman–Crippen MR) is 80.4 cm³/mol. The normalized spacial score (nSPS) is 20.2. The van der Waals surface area contributed by atoms with Gasteiger partial charge in [-0.1, -0.05) is 6.92 Å². The second-order valence-electron chi connectivity index (χ2n) is 5.96. The molecule has 2 atom stereocenters. The van der Waals surface area contributed by atoms with Gasteiger partial charge in [-0.2, -0.15) is 5.10 Å². The molecule has 1 aliphatic rings. The molecule has 5 heteroatoms. The molecule has 2 N–H and O–H groups in total. The van der Waals surface area contributed by atoms with Crippen LogP contribution in [-0.4, -0.2) is 47.5 Å². The van der Waals surface area contributed by atoms with E-state index < -0.39 is 0 Å². The first-order valence-corrected chi connectivity index (χ1v) is 7.64. The van der Waals surface area contributed by atoms with Crippen LogP contribution in [0, 0.1) is 5.92 Å². The van der Waals surface area contributed by atoms with Gasteiger partial charge in [-0.25, -0.2) is 0 Å². The molecule has 2 rings (SSSR count). The number of rotatable bonds is 6. The molecule has 1 aliphatic heterocycles. The second kappa shape index (κ2) is 7.20. The molecule has 2 unspecified atom stereocenters. The smallest absolute Gasteiger partial charge is 0.0538 e. The van der Waals surface area contributed by atoms with E-state index in [0.717, 1.165) is 44.9 Å². The molecule has 0 aliphatic carbocycles. The summed E-state index contributed by atoms with van der Waals surface area (Å²) in [6.45, 7) is 5.03. The quantitative estimate of drug-likeness (QED) is 0.859. The summed E-state index contributed by atoms with van der Waals surface area (Å²) in [4.78, 5) is 2.40. The summed E-state index contributed by atoms with van der Waals surface area (Å²) in [6, 6.07) is 0.389. The summed E-state index contributed by atoms with van der Waals surface area (Å²) in [5, 5.41) is 4.30. The van der Waals surface area contributed by atoms with E-state index in [1.165, 1.54) is 5.56 Å². The minimum Gasteiger partial charge on any atom is -0.381 e. The minimum absolute atomic E-state index is 0.143. The monoisotopic (exact) mass is 280 g/mol. The SMILES string of the molecule is CCC(N)C(c1cnn(C)c1)N(C)CC1CCOCC1. The van der Waals surface area contributed by atoms with Gasteiger partial charge in [0.2, 0.25) is 0 Å². The molecule has 1 saturated heterocycles. The van der Waals surface area contributed by atoms with E-state index in [0.29, 0.717) is 0 Å². The summed E-state index contributed by atoms with van der Waals surface area (Å²) in [7, 11) is 4.14. The summed E-state index contributed by atoms with van der Waals surface area (Å²) in [5.41, 5.74) is 7.58. The van der Waals surface area contributed by atoms with Crippen molar-refractivity contribution >= 4 is 0 Å². The van der Waals surface area contributed by atoms with Crippen LogP contribution in [0.5, 0.6) is 0 Å². The lowest BCUT2D eigenvalue weighted by Gasteiger charge is -2.35. The first-order chi connectivity index (χ1) is 9.61. The minimum atomic E-state index is 0.143. The maximum Gasteiger partial charge on any atom is 0.0538 e. The maximum absolute atomic E-state index is 6.36. The molecule has 0 radical (unpaired) electrons. The summed E-state index contributed by atoms with van der Waals surface area (Å²) >= 11 is 0. The van der Waals surface area contributed by atoms with Gasteiger partial charge in [0.25, 0.3) is 0 Å². The third-order valence-electron chi connectivity index (χ3n) is 4.31. The average molecular weight is 280 g/mol. The van der Waals surface area contributed by atoms with Crippen LogP contribution in [0.3, 0.4) is 0 Å². The number of nitrogens with zero attached hydrogens (tertiary/aromatic N) is 3. The van der Waals surface area contributed by atoms with Gasteiger partial charge in [-0.3, -0.25) is 9.58 Å². The van der Waals surface area contributed by atoms with Crippen molar-refractivity contribution < 1.29 is 4.74 Å². The fraction of sp³-hybridized carbons (Fsp3) is 0.800. The van der Waals surface area contributed by atoms with E-state index in [2.05, 4.69) is 30.2 Å². The van der Waals surface area contributed by atoms with Gasteiger partial charge >= 0.3 is 0 Å². The van der Waals surface area contributed by atoms with Crippen LogP contribution >= 0.6 is 0 Å². The molecule has 1 aromatic heterocycles. The second-order valence-corrected chi connectivity index (χ2v) is 5.96. The van der Waals surface area contributed by atoms with Crippen LogP contribution in [-0.2, 0) is 11.8 Å². The number of hydrogen-bond donors (Lipinski definition) is 1. The number of likely N-dealkylation sites (N-methyl/N-ethyl adjacent to an activating group) is 1. The van der Waals surface area contributed by atoms with E-state index >= 15 is 0 Å². The molecular weight excluding hydrogens is 252 g/mol. The Bertz CT molecular complexity index is 400. The molecular formula is C15H28N4O. The van der Waals surface area contributed by atoms with Crippen LogP contribution in [0.15, 0.2) is 12.4 Å². The van der Waals surface area contributed by atoms with E-state index in [1.54, 1.807) is 0 Å². The van der Waals surface area contributed by atoms with E-state index in [-0.39, 0.29) is 12.1 Å². The fourth-order valence-corrected chi connectivity index (χ4v) is 3.09. The molecule has 20 heavy (non-hydrogen) atoms. The Hall–Kier alpha value is -0.910. The molecule has 0 aromatic carbocycles. The number of hydrogen-bond acceptors (Lipinski definition) is 4. The first kappa shape index (κ1) is 15.5. The van der Waals surface area contributed by atoms with Gasteiger partial charge < -0.3 is 10.5 Å². The van der Waals surface area contributed by atoms with Gasteiger partial charge in [-0.15, -0.1) is 0 Å². The third kappa shape index (κ3) is 3.81. The number of aryl methyl sites for hydroxylation is 1. The first-order valence-electron chi connectivity index (χ1n) is 7.64. The zero-order valence-corrected chi connectivity index (χ0v) is 13.0. The third-order valence-corrected chi connectivity index (χ3v) is 4.31. The molecule has 0 saturated carbocycles. The van der Waals surface area contributed by atoms with Crippen molar-refractivity contribution in [3.63, 3.8) is 0 Å². The van der Waals surface area contributed by atoms with Gasteiger partial charge in [0.1, 0.15) is 0 Å². The molecule has 5 nitrogen and oxygen atoms in total. The highest BCUT2D eigenvalue weighted by Crippen LogP contribution is 2.26. The summed E-state index contributed by atoms with van der Waals surface area (Å²) < 4.78 is 7.30. The van der Waals surface area contributed by atoms with Crippen LogP contribution in [0.4, 0.5) is 0 Å². The van der Waals surface area contributed by atoms with E-state index in [9.17, 15) is 0 Å². The Morgan fingerprint density at radius 1 is 1.50 bits per heavy atom. The van der Waals surface area contributed by atoms with Crippen LogP contribution in [0.2, 0.25) is 0 Å². The van der Waals surface area contributed by atoms with Crippen LogP contribution in [0.1, 0.15) is 37.8 Å². The molecule has 1 fully saturated rings. The van der Waals surface area contributed by atoms with Crippen molar-refractivity contribution in [1.29, 1.82) is 0 Å². The average Bonchev–Trinajstić information content (AvgIpc) is 2.86.